The molecule has 0 saturated carbocycles. The lowest BCUT2D eigenvalue weighted by Crippen LogP contribution is -1.97. The normalized spacial score (nSPS) is 10.1. The van der Waals surface area contributed by atoms with E-state index in [2.05, 4.69) is 11.1 Å². The molecule has 0 aliphatic carbocycles. The van der Waals surface area contributed by atoms with E-state index in [1.165, 1.54) is 12.7 Å². The van der Waals surface area contributed by atoms with Crippen LogP contribution in [0.15, 0.2) is 60.7 Å². The van der Waals surface area contributed by atoms with E-state index in [1.54, 1.807) is 0 Å². The molecule has 23 heavy (non-hydrogen) atoms. The van der Waals surface area contributed by atoms with Crippen LogP contribution in [0.4, 0.5) is 0 Å². The molecule has 0 fully saturated rings. The molecule has 2 aromatic carbocycles. The third-order valence-electron chi connectivity index (χ3n) is 3.72. The second-order valence-electron chi connectivity index (χ2n) is 5.28. The smallest absolute Gasteiger partial charge is 0.232 e. The first-order valence-electron chi connectivity index (χ1n) is 7.34. The largest absolute Gasteiger partial charge is 0.480 e. The van der Waals surface area contributed by atoms with E-state index in [9.17, 15) is 5.26 Å². The van der Waals surface area contributed by atoms with Gasteiger partial charge in [-0.3, -0.25) is 0 Å². The summed E-state index contributed by atoms with van der Waals surface area (Å²) < 4.78 is 5.35. The zero-order valence-electron chi connectivity index (χ0n) is 13.1. The first-order chi connectivity index (χ1) is 11.2. The number of rotatable bonds is 3. The third kappa shape index (κ3) is 2.93. The second-order valence-corrected chi connectivity index (χ2v) is 5.28. The molecule has 0 unspecified atom stereocenters. The molecule has 0 amide bonds. The van der Waals surface area contributed by atoms with Gasteiger partial charge >= 0.3 is 0 Å². The minimum Gasteiger partial charge on any atom is -0.480 e. The monoisotopic (exact) mass is 300 g/mol. The van der Waals surface area contributed by atoms with Crippen molar-refractivity contribution in [1.29, 1.82) is 5.26 Å². The summed E-state index contributed by atoms with van der Waals surface area (Å²) in [6.45, 7) is 2.05. The molecule has 3 aromatic rings. The molecule has 0 bridgehead atoms. The Hall–Kier alpha value is -3.12. The number of hydrogen-bond acceptors (Lipinski definition) is 3. The topological polar surface area (TPSA) is 45.9 Å². The average molecular weight is 300 g/mol. The van der Waals surface area contributed by atoms with Crippen LogP contribution in [0, 0.1) is 18.3 Å². The van der Waals surface area contributed by atoms with Gasteiger partial charge in [-0.15, -0.1) is 0 Å². The molecule has 0 N–H and O–H groups in total. The summed E-state index contributed by atoms with van der Waals surface area (Å²) in [5.74, 6) is 0.351. The van der Waals surface area contributed by atoms with E-state index in [1.807, 2.05) is 67.6 Å². The molecule has 3 rings (SSSR count). The molecule has 0 atom stereocenters. The van der Waals surface area contributed by atoms with Gasteiger partial charge in [0.05, 0.1) is 12.8 Å². The van der Waals surface area contributed by atoms with Gasteiger partial charge in [0.25, 0.3) is 0 Å². The van der Waals surface area contributed by atoms with Crippen molar-refractivity contribution < 1.29 is 4.74 Å². The van der Waals surface area contributed by atoms with Gasteiger partial charge < -0.3 is 4.74 Å². The van der Waals surface area contributed by atoms with Crippen LogP contribution < -0.4 is 4.74 Å². The van der Waals surface area contributed by atoms with E-state index in [0.717, 1.165) is 22.4 Å². The lowest BCUT2D eigenvalue weighted by molar-refractivity contribution is 0.397. The quantitative estimate of drug-likeness (QED) is 0.710. The Bertz CT molecular complexity index is 863. The zero-order valence-corrected chi connectivity index (χ0v) is 13.1. The van der Waals surface area contributed by atoms with Crippen molar-refractivity contribution in [3.8, 4) is 34.3 Å². The summed E-state index contributed by atoms with van der Waals surface area (Å²) in [4.78, 5) is 4.50. The summed E-state index contributed by atoms with van der Waals surface area (Å²) >= 11 is 0. The van der Waals surface area contributed by atoms with E-state index in [0.29, 0.717) is 11.4 Å². The first-order valence-corrected chi connectivity index (χ1v) is 7.34. The molecule has 0 saturated heterocycles. The number of hydrogen-bond donors (Lipinski definition) is 0. The predicted molar refractivity (Wildman–Crippen MR) is 91.1 cm³/mol. The highest BCUT2D eigenvalue weighted by atomic mass is 16.5. The molecule has 3 nitrogen and oxygen atoms in total. The van der Waals surface area contributed by atoms with E-state index >= 15 is 0 Å². The van der Waals surface area contributed by atoms with Crippen molar-refractivity contribution in [2.24, 2.45) is 0 Å². The number of nitrogens with zero attached hydrogens (tertiary/aromatic N) is 2. The summed E-state index contributed by atoms with van der Waals surface area (Å²) in [5, 5.41) is 9.52. The Morgan fingerprint density at radius 1 is 0.957 bits per heavy atom. The highest BCUT2D eigenvalue weighted by molar-refractivity contribution is 5.77. The summed E-state index contributed by atoms with van der Waals surface area (Å²) in [5.41, 5.74) is 5.23. The number of ether oxygens (including phenoxy) is 1. The van der Waals surface area contributed by atoms with E-state index in [4.69, 9.17) is 4.74 Å². The van der Waals surface area contributed by atoms with Crippen LogP contribution in [0.25, 0.3) is 22.4 Å². The van der Waals surface area contributed by atoms with Gasteiger partial charge in [0.1, 0.15) is 11.6 Å². The maximum atomic E-state index is 9.52. The molecular weight excluding hydrogens is 284 g/mol. The van der Waals surface area contributed by atoms with Crippen molar-refractivity contribution in [3.63, 3.8) is 0 Å². The fourth-order valence-corrected chi connectivity index (χ4v) is 2.50. The SMILES string of the molecule is COc1nc(-c2ccc(C)cc2)cc(-c2ccccc2)c1C#N. The van der Waals surface area contributed by atoms with Crippen molar-refractivity contribution in [2.45, 2.75) is 6.92 Å². The zero-order chi connectivity index (χ0) is 16.2. The minimum atomic E-state index is 0.351. The predicted octanol–water partition coefficient (Wildman–Crippen LogP) is 4.60. The minimum absolute atomic E-state index is 0.351. The average Bonchev–Trinajstić information content (AvgIpc) is 2.62. The standard InChI is InChI=1S/C20H16N2O/c1-14-8-10-16(11-9-14)19-12-17(15-6-4-3-5-7-15)18(13-21)20(22-19)23-2/h3-12H,1-2H3. The van der Waals surface area contributed by atoms with Crippen LogP contribution >= 0.6 is 0 Å². The van der Waals surface area contributed by atoms with Crippen LogP contribution in [-0.2, 0) is 0 Å². The molecular formula is C20H16N2O. The van der Waals surface area contributed by atoms with Crippen LogP contribution in [-0.4, -0.2) is 12.1 Å². The fourth-order valence-electron chi connectivity index (χ4n) is 2.50. The summed E-state index contributed by atoms with van der Waals surface area (Å²) in [7, 11) is 1.54. The van der Waals surface area contributed by atoms with Crippen molar-refractivity contribution in [2.75, 3.05) is 7.11 Å². The number of methoxy groups -OCH3 is 1. The van der Waals surface area contributed by atoms with E-state index < -0.39 is 0 Å². The highest BCUT2D eigenvalue weighted by Crippen LogP contribution is 2.33. The van der Waals surface area contributed by atoms with Gasteiger partial charge in [0.2, 0.25) is 5.88 Å². The van der Waals surface area contributed by atoms with Gasteiger partial charge in [-0.2, -0.15) is 5.26 Å². The van der Waals surface area contributed by atoms with Gasteiger partial charge in [-0.1, -0.05) is 60.2 Å². The van der Waals surface area contributed by atoms with Crippen LogP contribution in [0.3, 0.4) is 0 Å². The molecule has 0 spiro atoms. The fraction of sp³-hybridized carbons (Fsp3) is 0.100. The Morgan fingerprint density at radius 2 is 1.65 bits per heavy atom. The van der Waals surface area contributed by atoms with E-state index in [-0.39, 0.29) is 0 Å². The molecule has 0 aliphatic rings. The lowest BCUT2D eigenvalue weighted by Gasteiger charge is -2.11. The highest BCUT2D eigenvalue weighted by Gasteiger charge is 2.15. The van der Waals surface area contributed by atoms with Crippen molar-refractivity contribution in [3.05, 3.63) is 71.8 Å². The van der Waals surface area contributed by atoms with Crippen LogP contribution in [0.1, 0.15) is 11.1 Å². The Labute approximate surface area is 135 Å². The Kier molecular flexibility index (Phi) is 4.07. The first kappa shape index (κ1) is 14.8. The number of aromatic nitrogens is 1. The van der Waals surface area contributed by atoms with Gasteiger partial charge in [0, 0.05) is 11.1 Å². The maximum Gasteiger partial charge on any atom is 0.232 e. The Morgan fingerprint density at radius 3 is 2.26 bits per heavy atom. The van der Waals surface area contributed by atoms with Gasteiger partial charge in [-0.05, 0) is 18.6 Å². The molecule has 3 heteroatoms. The number of nitriles is 1. The summed E-state index contributed by atoms with van der Waals surface area (Å²) in [6, 6.07) is 22.1. The van der Waals surface area contributed by atoms with Gasteiger partial charge in [0.15, 0.2) is 0 Å². The third-order valence-corrected chi connectivity index (χ3v) is 3.72. The van der Waals surface area contributed by atoms with Crippen molar-refractivity contribution in [1.82, 2.24) is 4.98 Å². The molecule has 0 aliphatic heterocycles. The number of aryl methyl sites for hydroxylation is 1. The number of pyridine rings is 1. The van der Waals surface area contributed by atoms with Gasteiger partial charge in [-0.25, -0.2) is 4.98 Å². The molecule has 0 radical (unpaired) electrons. The van der Waals surface area contributed by atoms with Crippen LogP contribution in [0.5, 0.6) is 5.88 Å². The molecule has 112 valence electrons. The van der Waals surface area contributed by atoms with Crippen molar-refractivity contribution >= 4 is 0 Å². The Balaban J connectivity index is 2.24. The second kappa shape index (κ2) is 6.33. The molecule has 1 heterocycles. The molecule has 1 aromatic heterocycles. The van der Waals surface area contributed by atoms with Crippen LogP contribution in [0.2, 0.25) is 0 Å². The lowest BCUT2D eigenvalue weighted by atomic mass is 9.98. The summed E-state index contributed by atoms with van der Waals surface area (Å²) in [6.07, 6.45) is 0. The number of benzene rings is 2. The maximum absolute atomic E-state index is 9.52.